The van der Waals surface area contributed by atoms with Gasteiger partial charge in [-0.15, -0.1) is 5.48 Å². The third kappa shape index (κ3) is 3.27. The van der Waals surface area contributed by atoms with Crippen molar-refractivity contribution in [3.05, 3.63) is 35.4 Å². The first-order valence-electron chi connectivity index (χ1n) is 8.08. The molecule has 3 atom stereocenters. The maximum atomic E-state index is 5.58. The van der Waals surface area contributed by atoms with E-state index < -0.39 is 0 Å². The molecule has 114 valence electrons. The Labute approximate surface area is 126 Å². The standard InChI is InChI=1S/C17H25N3O/c1-3-4-12(2)13-5-7-14(8-6-13)16-19-17(21-20-16)15-9-10-18-11-15/h5-8,12,15-16,18,20H,3-4,9-11H2,1-2H3. The van der Waals surface area contributed by atoms with Crippen LogP contribution in [0, 0.1) is 5.92 Å². The number of hydroxylamine groups is 1. The fraction of sp³-hybridized carbons (Fsp3) is 0.588. The lowest BCUT2D eigenvalue weighted by Crippen LogP contribution is -2.21. The summed E-state index contributed by atoms with van der Waals surface area (Å²) in [6.45, 7) is 6.56. The molecule has 21 heavy (non-hydrogen) atoms. The topological polar surface area (TPSA) is 45.7 Å². The van der Waals surface area contributed by atoms with Gasteiger partial charge in [-0.2, -0.15) is 0 Å². The van der Waals surface area contributed by atoms with Gasteiger partial charge in [-0.25, -0.2) is 4.99 Å². The van der Waals surface area contributed by atoms with Gasteiger partial charge in [0.1, 0.15) is 0 Å². The summed E-state index contributed by atoms with van der Waals surface area (Å²) in [5, 5.41) is 3.35. The summed E-state index contributed by atoms with van der Waals surface area (Å²) in [7, 11) is 0. The van der Waals surface area contributed by atoms with E-state index in [1.807, 2.05) is 0 Å². The highest BCUT2D eigenvalue weighted by molar-refractivity contribution is 5.80. The van der Waals surface area contributed by atoms with E-state index in [0.717, 1.165) is 25.4 Å². The van der Waals surface area contributed by atoms with Gasteiger partial charge in [0, 0.05) is 6.54 Å². The molecule has 0 spiro atoms. The van der Waals surface area contributed by atoms with Crippen LogP contribution in [-0.2, 0) is 4.84 Å². The predicted octanol–water partition coefficient (Wildman–Crippen LogP) is 3.13. The Morgan fingerprint density at radius 2 is 2.14 bits per heavy atom. The van der Waals surface area contributed by atoms with Gasteiger partial charge in [-0.1, -0.05) is 44.5 Å². The first-order valence-corrected chi connectivity index (χ1v) is 8.08. The second-order valence-corrected chi connectivity index (χ2v) is 6.14. The minimum Gasteiger partial charge on any atom is -0.391 e. The van der Waals surface area contributed by atoms with E-state index in [1.165, 1.54) is 24.0 Å². The van der Waals surface area contributed by atoms with Crippen molar-refractivity contribution in [2.75, 3.05) is 13.1 Å². The zero-order valence-corrected chi connectivity index (χ0v) is 12.9. The second kappa shape index (κ2) is 6.58. The molecule has 0 bridgehead atoms. The van der Waals surface area contributed by atoms with Gasteiger partial charge in [-0.05, 0) is 36.4 Å². The Morgan fingerprint density at radius 3 is 2.81 bits per heavy atom. The molecular weight excluding hydrogens is 262 g/mol. The third-order valence-electron chi connectivity index (χ3n) is 4.48. The Balaban J connectivity index is 1.67. The summed E-state index contributed by atoms with van der Waals surface area (Å²) in [4.78, 5) is 10.3. The van der Waals surface area contributed by atoms with Crippen LogP contribution in [0.15, 0.2) is 29.3 Å². The molecule has 0 aliphatic carbocycles. The van der Waals surface area contributed by atoms with Crippen LogP contribution in [0.2, 0.25) is 0 Å². The zero-order valence-electron chi connectivity index (χ0n) is 12.9. The van der Waals surface area contributed by atoms with Crippen LogP contribution < -0.4 is 10.8 Å². The lowest BCUT2D eigenvalue weighted by atomic mass is 9.95. The van der Waals surface area contributed by atoms with Gasteiger partial charge in [-0.3, -0.25) is 0 Å². The van der Waals surface area contributed by atoms with Crippen molar-refractivity contribution in [1.82, 2.24) is 10.8 Å². The van der Waals surface area contributed by atoms with Gasteiger partial charge in [0.15, 0.2) is 6.17 Å². The van der Waals surface area contributed by atoms with Crippen LogP contribution in [0.1, 0.15) is 56.3 Å². The first kappa shape index (κ1) is 14.5. The van der Waals surface area contributed by atoms with Crippen LogP contribution in [0.5, 0.6) is 0 Å². The summed E-state index contributed by atoms with van der Waals surface area (Å²) < 4.78 is 0. The van der Waals surface area contributed by atoms with Gasteiger partial charge < -0.3 is 10.2 Å². The van der Waals surface area contributed by atoms with Crippen LogP contribution in [0.3, 0.4) is 0 Å². The molecule has 4 nitrogen and oxygen atoms in total. The van der Waals surface area contributed by atoms with Gasteiger partial charge in [0.05, 0.1) is 5.92 Å². The highest BCUT2D eigenvalue weighted by atomic mass is 16.7. The normalized spacial score (nSPS) is 26.5. The molecule has 2 aliphatic heterocycles. The number of rotatable bonds is 5. The van der Waals surface area contributed by atoms with Crippen molar-refractivity contribution in [3.8, 4) is 0 Å². The minimum absolute atomic E-state index is 0.0591. The molecule has 0 radical (unpaired) electrons. The molecular formula is C17H25N3O. The number of benzene rings is 1. The molecule has 0 saturated carbocycles. The van der Waals surface area contributed by atoms with Crippen molar-refractivity contribution in [2.45, 2.75) is 45.2 Å². The smallest absolute Gasteiger partial charge is 0.215 e. The quantitative estimate of drug-likeness (QED) is 0.874. The maximum absolute atomic E-state index is 5.58. The second-order valence-electron chi connectivity index (χ2n) is 6.14. The number of hydrogen-bond donors (Lipinski definition) is 2. The Hall–Kier alpha value is -1.39. The molecule has 2 aliphatic rings. The molecule has 0 aromatic heterocycles. The number of nitrogens with zero attached hydrogens (tertiary/aromatic N) is 1. The average Bonchev–Trinajstić information content (AvgIpc) is 3.19. The molecule has 1 aromatic carbocycles. The Morgan fingerprint density at radius 1 is 1.33 bits per heavy atom. The molecule has 0 amide bonds. The number of hydrogen-bond acceptors (Lipinski definition) is 4. The SMILES string of the molecule is CCCC(C)c1ccc(C2N=C(C3CCNC3)ON2)cc1. The van der Waals surface area contributed by atoms with E-state index in [0.29, 0.717) is 11.8 Å². The summed E-state index contributed by atoms with van der Waals surface area (Å²) in [6.07, 6.45) is 3.52. The van der Waals surface area contributed by atoms with Crippen LogP contribution in [-0.4, -0.2) is 19.0 Å². The van der Waals surface area contributed by atoms with Crippen LogP contribution in [0.25, 0.3) is 0 Å². The third-order valence-corrected chi connectivity index (χ3v) is 4.48. The number of aliphatic imine (C=N–C) groups is 1. The molecule has 3 unspecified atom stereocenters. The Kier molecular flexibility index (Phi) is 4.56. The van der Waals surface area contributed by atoms with Crippen molar-refractivity contribution in [1.29, 1.82) is 0 Å². The van der Waals surface area contributed by atoms with E-state index in [-0.39, 0.29) is 6.17 Å². The molecule has 1 aromatic rings. The van der Waals surface area contributed by atoms with Gasteiger partial charge in [0.25, 0.3) is 0 Å². The first-order chi connectivity index (χ1) is 10.3. The molecule has 1 fully saturated rings. The van der Waals surface area contributed by atoms with E-state index in [2.05, 4.69) is 48.9 Å². The molecule has 2 heterocycles. The van der Waals surface area contributed by atoms with Gasteiger partial charge in [0.2, 0.25) is 5.90 Å². The lowest BCUT2D eigenvalue weighted by molar-refractivity contribution is 0.169. The molecule has 1 saturated heterocycles. The highest BCUT2D eigenvalue weighted by Crippen LogP contribution is 2.26. The summed E-state index contributed by atoms with van der Waals surface area (Å²) in [5.74, 6) is 1.90. The Bertz CT molecular complexity index is 491. The average molecular weight is 287 g/mol. The van der Waals surface area contributed by atoms with E-state index in [4.69, 9.17) is 9.83 Å². The van der Waals surface area contributed by atoms with Gasteiger partial charge >= 0.3 is 0 Å². The monoisotopic (exact) mass is 287 g/mol. The van der Waals surface area contributed by atoms with Crippen molar-refractivity contribution < 1.29 is 4.84 Å². The fourth-order valence-electron chi connectivity index (χ4n) is 3.10. The fourth-order valence-corrected chi connectivity index (χ4v) is 3.10. The van der Waals surface area contributed by atoms with Crippen molar-refractivity contribution in [2.24, 2.45) is 10.9 Å². The minimum atomic E-state index is -0.0591. The highest BCUT2D eigenvalue weighted by Gasteiger charge is 2.28. The lowest BCUT2D eigenvalue weighted by Gasteiger charge is -2.12. The predicted molar refractivity (Wildman–Crippen MR) is 85.1 cm³/mol. The summed E-state index contributed by atoms with van der Waals surface area (Å²) >= 11 is 0. The van der Waals surface area contributed by atoms with Crippen LogP contribution >= 0.6 is 0 Å². The zero-order chi connectivity index (χ0) is 14.7. The van der Waals surface area contributed by atoms with E-state index >= 15 is 0 Å². The van der Waals surface area contributed by atoms with Crippen molar-refractivity contribution >= 4 is 5.90 Å². The molecule has 4 heteroatoms. The number of nitrogens with one attached hydrogen (secondary N) is 2. The molecule has 2 N–H and O–H groups in total. The van der Waals surface area contributed by atoms with Crippen LogP contribution in [0.4, 0.5) is 0 Å². The summed E-state index contributed by atoms with van der Waals surface area (Å²) in [6, 6.07) is 8.79. The van der Waals surface area contributed by atoms with Crippen molar-refractivity contribution in [3.63, 3.8) is 0 Å². The van der Waals surface area contributed by atoms with E-state index in [1.54, 1.807) is 0 Å². The van der Waals surface area contributed by atoms with E-state index in [9.17, 15) is 0 Å². The maximum Gasteiger partial charge on any atom is 0.215 e. The summed E-state index contributed by atoms with van der Waals surface area (Å²) in [5.41, 5.74) is 5.62. The molecule has 3 rings (SSSR count). The largest absolute Gasteiger partial charge is 0.391 e.